The summed E-state index contributed by atoms with van der Waals surface area (Å²) in [5.41, 5.74) is 6.23. The average Bonchev–Trinajstić information content (AvgIpc) is 2.11. The van der Waals surface area contributed by atoms with Crippen molar-refractivity contribution in [3.05, 3.63) is 28.6 Å². The normalized spacial score (nSPS) is 10.5. The summed E-state index contributed by atoms with van der Waals surface area (Å²) >= 11 is 0. The van der Waals surface area contributed by atoms with Crippen LogP contribution in [-0.2, 0) is 0 Å². The fraction of sp³-hybridized carbons (Fsp3) is 0.462. The van der Waals surface area contributed by atoms with Gasteiger partial charge in [-0.05, 0) is 38.8 Å². The largest absolute Gasteiger partial charge is 0.254 e. The van der Waals surface area contributed by atoms with E-state index in [1.165, 1.54) is 22.3 Å². The van der Waals surface area contributed by atoms with Gasteiger partial charge in [0.15, 0.2) is 0 Å². The molecule has 0 atom stereocenters. The Hall–Kier alpha value is -1.05. The molecule has 0 amide bonds. The van der Waals surface area contributed by atoms with Crippen LogP contribution in [0.4, 0.5) is 0 Å². The highest BCUT2D eigenvalue weighted by Crippen LogP contribution is 2.14. The molecule has 80 valence electrons. The van der Waals surface area contributed by atoms with E-state index in [9.17, 15) is 0 Å². The van der Waals surface area contributed by atoms with E-state index in [4.69, 9.17) is 4.98 Å². The van der Waals surface area contributed by atoms with Crippen LogP contribution in [0.3, 0.4) is 0 Å². The first-order valence-electron chi connectivity index (χ1n) is 5.55. The van der Waals surface area contributed by atoms with Crippen molar-refractivity contribution in [3.8, 4) is 0 Å². The first-order chi connectivity index (χ1) is 6.91. The third kappa shape index (κ3) is 2.95. The quantitative estimate of drug-likeness (QED) is 0.668. The Morgan fingerprint density at radius 2 is 2.00 bits per heavy atom. The Morgan fingerprint density at radius 1 is 1.40 bits per heavy atom. The molecule has 0 radical (unpaired) electrons. The molecule has 0 N–H and O–H groups in total. The van der Waals surface area contributed by atoms with Gasteiger partial charge in [0, 0.05) is 5.69 Å². The van der Waals surface area contributed by atoms with Crippen LogP contribution in [0.2, 0.25) is 0 Å². The molecular formula is C13H20BN. The van der Waals surface area contributed by atoms with E-state index in [1.807, 2.05) is 0 Å². The molecule has 0 aliphatic carbocycles. The third-order valence-corrected chi connectivity index (χ3v) is 2.61. The zero-order valence-corrected chi connectivity index (χ0v) is 10.7. The number of aryl methyl sites for hydroxylation is 1. The molecule has 1 rings (SSSR count). The maximum absolute atomic E-state index is 4.70. The Balaban J connectivity index is 3.31. The van der Waals surface area contributed by atoms with Gasteiger partial charge in [-0.2, -0.15) is 0 Å². The molecule has 0 saturated carbocycles. The molecule has 1 aromatic heterocycles. The van der Waals surface area contributed by atoms with Crippen LogP contribution >= 0.6 is 0 Å². The monoisotopic (exact) mass is 201 g/mol. The lowest BCUT2D eigenvalue weighted by atomic mass is 9.87. The molecule has 0 spiro atoms. The number of rotatable bonds is 2. The van der Waals surface area contributed by atoms with Crippen molar-refractivity contribution in [3.63, 3.8) is 0 Å². The third-order valence-electron chi connectivity index (χ3n) is 2.61. The van der Waals surface area contributed by atoms with Gasteiger partial charge in [0.2, 0.25) is 0 Å². The fourth-order valence-corrected chi connectivity index (χ4v) is 1.50. The molecule has 0 aliphatic heterocycles. The summed E-state index contributed by atoms with van der Waals surface area (Å²) in [6, 6.07) is 2.20. The van der Waals surface area contributed by atoms with Crippen LogP contribution in [0.25, 0.3) is 6.08 Å². The Bertz CT molecular complexity index is 388. The van der Waals surface area contributed by atoms with Gasteiger partial charge >= 0.3 is 0 Å². The van der Waals surface area contributed by atoms with Gasteiger partial charge in [0.25, 0.3) is 0 Å². The highest BCUT2D eigenvalue weighted by atomic mass is 14.7. The molecular weight excluding hydrogens is 181 g/mol. The molecule has 0 fully saturated rings. The maximum atomic E-state index is 4.70. The van der Waals surface area contributed by atoms with Gasteiger partial charge in [0.1, 0.15) is 7.85 Å². The first-order valence-corrected chi connectivity index (χ1v) is 5.55. The number of allylic oxidation sites excluding steroid dienone is 1. The standard InChI is InChI=1S/C13H20BN/c1-8(2)6-12-13(14)10(5)7-11(15-12)9(3)4/h6-7,9H,14H2,1-5H3. The van der Waals surface area contributed by atoms with E-state index in [0.717, 1.165) is 5.69 Å². The van der Waals surface area contributed by atoms with E-state index in [2.05, 4.69) is 54.6 Å². The molecule has 0 aromatic carbocycles. The smallest absolute Gasteiger partial charge is 0.142 e. The summed E-state index contributed by atoms with van der Waals surface area (Å²) < 4.78 is 0. The number of nitrogens with zero attached hydrogens (tertiary/aromatic N) is 1. The van der Waals surface area contributed by atoms with Crippen LogP contribution in [0, 0.1) is 6.92 Å². The molecule has 0 saturated heterocycles. The highest BCUT2D eigenvalue weighted by Gasteiger charge is 2.06. The first kappa shape index (κ1) is 12.0. The molecule has 15 heavy (non-hydrogen) atoms. The molecule has 2 heteroatoms. The number of hydrogen-bond acceptors (Lipinski definition) is 1. The summed E-state index contributed by atoms with van der Waals surface area (Å²) in [4.78, 5) is 4.70. The second-order valence-corrected chi connectivity index (χ2v) is 4.75. The molecule has 1 nitrogen and oxygen atoms in total. The minimum Gasteiger partial charge on any atom is -0.254 e. The molecule has 1 heterocycles. The predicted octanol–water partition coefficient (Wildman–Crippen LogP) is 2.20. The number of hydrogen-bond donors (Lipinski definition) is 0. The van der Waals surface area contributed by atoms with E-state index in [0.29, 0.717) is 5.92 Å². The van der Waals surface area contributed by atoms with Gasteiger partial charge in [-0.15, -0.1) is 0 Å². The minimum atomic E-state index is 0.494. The van der Waals surface area contributed by atoms with Crippen molar-refractivity contribution in [2.75, 3.05) is 0 Å². The van der Waals surface area contributed by atoms with Crippen LogP contribution < -0.4 is 5.46 Å². The van der Waals surface area contributed by atoms with E-state index in [-0.39, 0.29) is 0 Å². The van der Waals surface area contributed by atoms with Gasteiger partial charge in [0.05, 0.1) is 5.69 Å². The Labute approximate surface area is 94.0 Å². The van der Waals surface area contributed by atoms with Gasteiger partial charge in [-0.3, -0.25) is 4.98 Å². The summed E-state index contributed by atoms with van der Waals surface area (Å²) in [6.07, 6.45) is 2.16. The average molecular weight is 201 g/mol. The SMILES string of the molecule is Bc1c(C)cc(C(C)C)nc1C=C(C)C. The summed E-state index contributed by atoms with van der Waals surface area (Å²) in [5, 5.41) is 0. The lowest BCUT2D eigenvalue weighted by molar-refractivity contribution is 0.820. The lowest BCUT2D eigenvalue weighted by Gasteiger charge is -2.11. The second-order valence-electron chi connectivity index (χ2n) is 4.75. The van der Waals surface area contributed by atoms with Gasteiger partial charge in [-0.25, -0.2) is 0 Å². The molecule has 0 unspecified atom stereocenters. The fourth-order valence-electron chi connectivity index (χ4n) is 1.50. The van der Waals surface area contributed by atoms with E-state index in [1.54, 1.807) is 0 Å². The van der Waals surface area contributed by atoms with Crippen molar-refractivity contribution >= 4 is 19.4 Å². The van der Waals surface area contributed by atoms with Gasteiger partial charge < -0.3 is 0 Å². The maximum Gasteiger partial charge on any atom is 0.142 e. The van der Waals surface area contributed by atoms with E-state index >= 15 is 0 Å². The lowest BCUT2D eigenvalue weighted by Crippen LogP contribution is -2.16. The van der Waals surface area contributed by atoms with Crippen LogP contribution in [0.15, 0.2) is 11.6 Å². The molecule has 0 aliphatic rings. The Morgan fingerprint density at radius 3 is 2.47 bits per heavy atom. The van der Waals surface area contributed by atoms with Crippen molar-refractivity contribution in [2.45, 2.75) is 40.5 Å². The summed E-state index contributed by atoms with van der Waals surface area (Å²) in [5.74, 6) is 0.494. The zero-order chi connectivity index (χ0) is 11.6. The minimum absolute atomic E-state index is 0.494. The molecule has 1 aromatic rings. The topological polar surface area (TPSA) is 12.9 Å². The van der Waals surface area contributed by atoms with Crippen LogP contribution in [0.5, 0.6) is 0 Å². The van der Waals surface area contributed by atoms with Crippen molar-refractivity contribution in [2.24, 2.45) is 0 Å². The summed E-state index contributed by atoms with van der Waals surface area (Å²) in [7, 11) is 2.14. The van der Waals surface area contributed by atoms with E-state index < -0.39 is 0 Å². The van der Waals surface area contributed by atoms with Crippen molar-refractivity contribution in [1.82, 2.24) is 4.98 Å². The molecule has 0 bridgehead atoms. The van der Waals surface area contributed by atoms with Gasteiger partial charge in [-0.1, -0.05) is 30.4 Å². The van der Waals surface area contributed by atoms with Crippen molar-refractivity contribution < 1.29 is 0 Å². The second kappa shape index (κ2) is 4.65. The van der Waals surface area contributed by atoms with Crippen LogP contribution in [-0.4, -0.2) is 12.8 Å². The van der Waals surface area contributed by atoms with Crippen molar-refractivity contribution in [1.29, 1.82) is 0 Å². The number of aromatic nitrogens is 1. The summed E-state index contributed by atoms with van der Waals surface area (Å²) in [6.45, 7) is 10.7. The van der Waals surface area contributed by atoms with Crippen LogP contribution in [0.1, 0.15) is 50.6 Å². The predicted molar refractivity (Wildman–Crippen MR) is 70.6 cm³/mol. The highest BCUT2D eigenvalue weighted by molar-refractivity contribution is 6.35. The Kier molecular flexibility index (Phi) is 3.73. The number of pyridine rings is 1. The zero-order valence-electron chi connectivity index (χ0n) is 10.7.